The van der Waals surface area contributed by atoms with Gasteiger partial charge in [0.2, 0.25) is 0 Å². The van der Waals surface area contributed by atoms with Crippen molar-refractivity contribution in [3.8, 4) is 0 Å². The first-order valence-electron chi connectivity index (χ1n) is 7.17. The molecule has 1 aromatic heterocycles. The number of hydrogen-bond acceptors (Lipinski definition) is 4. The van der Waals surface area contributed by atoms with Gasteiger partial charge in [-0.05, 0) is 31.6 Å². The number of thiazole rings is 1. The number of carbonyl (C=O) groups is 2. The standard InChI is InChI=1S/C14H21N3O3S/c1-3-10-9(2)21-13(16-10)17-12(20)15-8-14(5-4-6-14)7-11(18)19/h3-8H2,1-2H3,(H,18,19)(H2,15,16,17,20). The second kappa shape index (κ2) is 6.43. The maximum Gasteiger partial charge on any atom is 0.321 e. The first-order valence-corrected chi connectivity index (χ1v) is 7.99. The van der Waals surface area contributed by atoms with Crippen molar-refractivity contribution in [3.63, 3.8) is 0 Å². The van der Waals surface area contributed by atoms with Gasteiger partial charge in [0.15, 0.2) is 5.13 Å². The van der Waals surface area contributed by atoms with Crippen LogP contribution in [0.15, 0.2) is 0 Å². The third-order valence-corrected chi connectivity index (χ3v) is 4.94. The molecule has 0 saturated heterocycles. The second-order valence-corrected chi connectivity index (χ2v) is 6.81. The largest absolute Gasteiger partial charge is 0.481 e. The van der Waals surface area contributed by atoms with Gasteiger partial charge in [-0.3, -0.25) is 10.1 Å². The van der Waals surface area contributed by atoms with E-state index in [0.717, 1.165) is 36.3 Å². The van der Waals surface area contributed by atoms with Crippen molar-refractivity contribution in [3.05, 3.63) is 10.6 Å². The van der Waals surface area contributed by atoms with Crippen LogP contribution in [0, 0.1) is 12.3 Å². The minimum atomic E-state index is -0.806. The fraction of sp³-hybridized carbons (Fsp3) is 0.643. The smallest absolute Gasteiger partial charge is 0.321 e. The number of carboxylic acid groups (broad SMARTS) is 1. The van der Waals surface area contributed by atoms with Gasteiger partial charge in [0.1, 0.15) is 0 Å². The average molecular weight is 311 g/mol. The fourth-order valence-electron chi connectivity index (χ4n) is 2.63. The van der Waals surface area contributed by atoms with Crippen molar-refractivity contribution in [1.29, 1.82) is 0 Å². The van der Waals surface area contributed by atoms with Crippen molar-refractivity contribution < 1.29 is 14.7 Å². The van der Waals surface area contributed by atoms with E-state index in [-0.39, 0.29) is 17.9 Å². The molecule has 0 aromatic carbocycles. The predicted molar refractivity (Wildman–Crippen MR) is 81.8 cm³/mol. The van der Waals surface area contributed by atoms with Crippen molar-refractivity contribution in [1.82, 2.24) is 10.3 Å². The van der Waals surface area contributed by atoms with E-state index in [1.54, 1.807) is 0 Å². The highest BCUT2D eigenvalue weighted by atomic mass is 32.1. The van der Waals surface area contributed by atoms with Crippen LogP contribution < -0.4 is 10.6 Å². The maximum atomic E-state index is 11.9. The molecule has 0 spiro atoms. The van der Waals surface area contributed by atoms with E-state index in [9.17, 15) is 9.59 Å². The highest BCUT2D eigenvalue weighted by Crippen LogP contribution is 2.43. The first-order chi connectivity index (χ1) is 9.94. The van der Waals surface area contributed by atoms with Gasteiger partial charge in [-0.1, -0.05) is 13.3 Å². The van der Waals surface area contributed by atoms with E-state index < -0.39 is 5.97 Å². The molecule has 6 nitrogen and oxygen atoms in total. The molecule has 0 atom stereocenters. The third kappa shape index (κ3) is 3.93. The summed E-state index contributed by atoms with van der Waals surface area (Å²) in [6.07, 6.45) is 3.70. The number of carboxylic acids is 1. The SMILES string of the molecule is CCc1nc(NC(=O)NCC2(CC(=O)O)CCC2)sc1C. The molecule has 0 radical (unpaired) electrons. The third-order valence-electron chi connectivity index (χ3n) is 4.01. The summed E-state index contributed by atoms with van der Waals surface area (Å²) in [6.45, 7) is 4.41. The summed E-state index contributed by atoms with van der Waals surface area (Å²) in [5.74, 6) is -0.806. The van der Waals surface area contributed by atoms with Gasteiger partial charge in [0.25, 0.3) is 0 Å². The van der Waals surface area contributed by atoms with Crippen LogP contribution in [-0.2, 0) is 11.2 Å². The average Bonchev–Trinajstić information content (AvgIpc) is 2.72. The number of aromatic nitrogens is 1. The van der Waals surface area contributed by atoms with Gasteiger partial charge in [-0.2, -0.15) is 0 Å². The highest BCUT2D eigenvalue weighted by molar-refractivity contribution is 7.15. The van der Waals surface area contributed by atoms with Gasteiger partial charge >= 0.3 is 12.0 Å². The zero-order valence-electron chi connectivity index (χ0n) is 12.4. The van der Waals surface area contributed by atoms with Crippen LogP contribution in [0.5, 0.6) is 0 Å². The Bertz CT molecular complexity index is 538. The molecule has 116 valence electrons. The Kier molecular flexibility index (Phi) is 4.82. The molecule has 1 heterocycles. The molecule has 21 heavy (non-hydrogen) atoms. The molecule has 0 bridgehead atoms. The predicted octanol–water partition coefficient (Wildman–Crippen LogP) is 2.78. The van der Waals surface area contributed by atoms with Crippen LogP contribution in [0.2, 0.25) is 0 Å². The molecule has 0 aliphatic heterocycles. The molecule has 1 aliphatic rings. The van der Waals surface area contributed by atoms with Crippen molar-refractivity contribution in [2.45, 2.75) is 46.0 Å². The Morgan fingerprint density at radius 2 is 2.14 bits per heavy atom. The number of carbonyl (C=O) groups excluding carboxylic acids is 1. The van der Waals surface area contributed by atoms with E-state index in [4.69, 9.17) is 5.11 Å². The molecule has 1 aromatic rings. The Labute approximate surface area is 128 Å². The molecule has 2 amide bonds. The Balaban J connectivity index is 1.85. The lowest BCUT2D eigenvalue weighted by Gasteiger charge is -2.40. The molecule has 2 rings (SSSR count). The number of hydrogen-bond donors (Lipinski definition) is 3. The quantitative estimate of drug-likeness (QED) is 0.753. The number of urea groups is 1. The second-order valence-electron chi connectivity index (χ2n) is 5.61. The van der Waals surface area contributed by atoms with E-state index in [0.29, 0.717) is 11.7 Å². The van der Waals surface area contributed by atoms with Gasteiger partial charge in [0.05, 0.1) is 12.1 Å². The van der Waals surface area contributed by atoms with E-state index in [2.05, 4.69) is 15.6 Å². The summed E-state index contributed by atoms with van der Waals surface area (Å²) < 4.78 is 0. The van der Waals surface area contributed by atoms with Crippen LogP contribution in [0.25, 0.3) is 0 Å². The van der Waals surface area contributed by atoms with Crippen LogP contribution in [-0.4, -0.2) is 28.6 Å². The van der Waals surface area contributed by atoms with Gasteiger partial charge < -0.3 is 10.4 Å². The van der Waals surface area contributed by atoms with Gasteiger partial charge in [-0.25, -0.2) is 9.78 Å². The zero-order chi connectivity index (χ0) is 15.5. The minimum absolute atomic E-state index is 0.115. The number of aliphatic carboxylic acids is 1. The summed E-state index contributed by atoms with van der Waals surface area (Å²) in [7, 11) is 0. The zero-order valence-corrected chi connectivity index (χ0v) is 13.2. The van der Waals surface area contributed by atoms with Crippen LogP contribution in [0.1, 0.15) is 43.2 Å². The number of amides is 2. The van der Waals surface area contributed by atoms with E-state index >= 15 is 0 Å². The lowest BCUT2D eigenvalue weighted by Crippen LogP contribution is -2.44. The lowest BCUT2D eigenvalue weighted by molar-refractivity contribution is -0.141. The summed E-state index contributed by atoms with van der Waals surface area (Å²) in [5.41, 5.74) is 0.730. The normalized spacial score (nSPS) is 16.1. The number of anilines is 1. The first kappa shape index (κ1) is 15.8. The number of aryl methyl sites for hydroxylation is 2. The van der Waals surface area contributed by atoms with Crippen molar-refractivity contribution in [2.24, 2.45) is 5.41 Å². The Morgan fingerprint density at radius 3 is 2.62 bits per heavy atom. The van der Waals surface area contributed by atoms with Crippen molar-refractivity contribution >= 4 is 28.5 Å². The summed E-state index contributed by atoms with van der Waals surface area (Å²) >= 11 is 1.45. The minimum Gasteiger partial charge on any atom is -0.481 e. The molecule has 1 saturated carbocycles. The Morgan fingerprint density at radius 1 is 1.43 bits per heavy atom. The molecular weight excluding hydrogens is 290 g/mol. The molecule has 1 fully saturated rings. The van der Waals surface area contributed by atoms with E-state index in [1.807, 2.05) is 13.8 Å². The highest BCUT2D eigenvalue weighted by Gasteiger charge is 2.39. The molecule has 0 unspecified atom stereocenters. The molecule has 3 N–H and O–H groups in total. The van der Waals surface area contributed by atoms with Crippen LogP contribution in [0.3, 0.4) is 0 Å². The van der Waals surface area contributed by atoms with Crippen LogP contribution >= 0.6 is 11.3 Å². The summed E-state index contributed by atoms with van der Waals surface area (Å²) in [4.78, 5) is 28.2. The van der Waals surface area contributed by atoms with Crippen molar-refractivity contribution in [2.75, 3.05) is 11.9 Å². The molecule has 1 aliphatic carbocycles. The topological polar surface area (TPSA) is 91.3 Å². The number of nitrogens with one attached hydrogen (secondary N) is 2. The molecular formula is C14H21N3O3S. The maximum absolute atomic E-state index is 11.9. The lowest BCUT2D eigenvalue weighted by atomic mass is 9.66. The van der Waals surface area contributed by atoms with Crippen LogP contribution in [0.4, 0.5) is 9.93 Å². The van der Waals surface area contributed by atoms with Gasteiger partial charge in [0, 0.05) is 11.4 Å². The molecule has 7 heteroatoms. The monoisotopic (exact) mass is 311 g/mol. The van der Waals surface area contributed by atoms with Gasteiger partial charge in [-0.15, -0.1) is 11.3 Å². The number of nitrogens with zero attached hydrogens (tertiary/aromatic N) is 1. The summed E-state index contributed by atoms with van der Waals surface area (Å²) in [5, 5.41) is 15.0. The number of rotatable bonds is 6. The Hall–Kier alpha value is -1.63. The van der Waals surface area contributed by atoms with E-state index in [1.165, 1.54) is 11.3 Å². The summed E-state index contributed by atoms with van der Waals surface area (Å²) in [6, 6.07) is -0.317. The fourth-order valence-corrected chi connectivity index (χ4v) is 3.53.